The highest BCUT2D eigenvalue weighted by molar-refractivity contribution is 6.09. The average Bonchev–Trinajstić information content (AvgIpc) is 3.18. The molecule has 2 aromatic heterocycles. The van der Waals surface area contributed by atoms with Crippen LogP contribution in [0.25, 0.3) is 38.8 Å². The monoisotopic (exact) mass is 397 g/mol. The molecule has 5 aromatic rings. The summed E-state index contributed by atoms with van der Waals surface area (Å²) in [6, 6.07) is 20.2. The van der Waals surface area contributed by atoms with Gasteiger partial charge in [-0.2, -0.15) is 5.10 Å². The third-order valence-corrected chi connectivity index (χ3v) is 5.27. The van der Waals surface area contributed by atoms with Gasteiger partial charge in [0.15, 0.2) is 11.5 Å². The minimum Gasteiger partial charge on any atom is -0.486 e. The maximum absolute atomic E-state index is 14.0. The molecule has 0 aliphatic carbocycles. The quantitative estimate of drug-likeness (QED) is 0.413. The lowest BCUT2D eigenvalue weighted by atomic mass is 10.1. The molecule has 0 atom stereocenters. The van der Waals surface area contributed by atoms with Crippen molar-refractivity contribution in [2.24, 2.45) is 0 Å². The summed E-state index contributed by atoms with van der Waals surface area (Å²) in [7, 11) is 0. The lowest BCUT2D eigenvalue weighted by Gasteiger charge is -2.19. The first-order chi connectivity index (χ1) is 14.8. The number of aromatic nitrogens is 3. The number of ether oxygens (including phenoxy) is 2. The standard InChI is InChI=1S/C24H16FN3O2/c25-16-7-4-8-17(11-16)28-24-18-12-21-22(30-10-9-29-21)13-20(18)26-14-19(24)23(27-28)15-5-2-1-3-6-15/h1-8,11-14H,9-10H2. The second kappa shape index (κ2) is 6.56. The van der Waals surface area contributed by atoms with Gasteiger partial charge in [-0.3, -0.25) is 4.98 Å². The molecule has 6 heteroatoms. The topological polar surface area (TPSA) is 49.2 Å². The van der Waals surface area contributed by atoms with Gasteiger partial charge in [0.2, 0.25) is 0 Å². The highest BCUT2D eigenvalue weighted by Gasteiger charge is 2.20. The van der Waals surface area contributed by atoms with Gasteiger partial charge in [0, 0.05) is 28.6 Å². The molecule has 0 fully saturated rings. The minimum atomic E-state index is -0.315. The number of fused-ring (bicyclic) bond motifs is 4. The zero-order valence-electron chi connectivity index (χ0n) is 15.9. The molecule has 0 radical (unpaired) electrons. The molecule has 0 spiro atoms. The zero-order chi connectivity index (χ0) is 20.1. The average molecular weight is 397 g/mol. The van der Waals surface area contributed by atoms with Crippen molar-refractivity contribution in [1.29, 1.82) is 0 Å². The van der Waals surface area contributed by atoms with E-state index in [0.717, 1.165) is 33.1 Å². The highest BCUT2D eigenvalue weighted by Crippen LogP contribution is 2.39. The summed E-state index contributed by atoms with van der Waals surface area (Å²) in [6.45, 7) is 1.01. The summed E-state index contributed by atoms with van der Waals surface area (Å²) in [5.74, 6) is 1.04. The Balaban J connectivity index is 1.73. The Morgan fingerprint density at radius 3 is 2.43 bits per heavy atom. The van der Waals surface area contributed by atoms with Crippen molar-refractivity contribution in [2.45, 2.75) is 0 Å². The molecular formula is C24H16FN3O2. The fourth-order valence-corrected chi connectivity index (χ4v) is 3.92. The third-order valence-electron chi connectivity index (χ3n) is 5.27. The van der Waals surface area contributed by atoms with E-state index in [4.69, 9.17) is 14.6 Å². The summed E-state index contributed by atoms with van der Waals surface area (Å²) in [4.78, 5) is 4.67. The van der Waals surface area contributed by atoms with Crippen LogP contribution in [0, 0.1) is 5.82 Å². The number of pyridine rings is 1. The SMILES string of the molecule is Fc1cccc(-n2nc(-c3ccccc3)c3cnc4cc5c(cc4c32)OCCO5)c1. The predicted octanol–water partition coefficient (Wildman–Crippen LogP) is 5.15. The van der Waals surface area contributed by atoms with Crippen LogP contribution >= 0.6 is 0 Å². The van der Waals surface area contributed by atoms with Gasteiger partial charge in [-0.1, -0.05) is 36.4 Å². The van der Waals surface area contributed by atoms with Gasteiger partial charge in [0.05, 0.1) is 16.7 Å². The second-order valence-corrected chi connectivity index (χ2v) is 7.14. The maximum Gasteiger partial charge on any atom is 0.163 e. The molecule has 3 heterocycles. The third kappa shape index (κ3) is 2.61. The normalized spacial score (nSPS) is 13.1. The second-order valence-electron chi connectivity index (χ2n) is 7.14. The van der Waals surface area contributed by atoms with Crippen molar-refractivity contribution in [3.05, 3.63) is 78.7 Å². The van der Waals surface area contributed by atoms with Crippen LogP contribution in [0.15, 0.2) is 72.9 Å². The number of halogens is 1. The number of rotatable bonds is 2. The Morgan fingerprint density at radius 1 is 0.833 bits per heavy atom. The van der Waals surface area contributed by atoms with Gasteiger partial charge in [-0.25, -0.2) is 9.07 Å². The molecule has 146 valence electrons. The molecular weight excluding hydrogens is 381 g/mol. The molecule has 0 saturated heterocycles. The van der Waals surface area contributed by atoms with Crippen LogP contribution in [0.3, 0.4) is 0 Å². The molecule has 0 amide bonds. The smallest absolute Gasteiger partial charge is 0.163 e. The summed E-state index contributed by atoms with van der Waals surface area (Å²) in [6.07, 6.45) is 1.82. The van der Waals surface area contributed by atoms with Gasteiger partial charge >= 0.3 is 0 Å². The van der Waals surface area contributed by atoms with Crippen molar-refractivity contribution in [3.63, 3.8) is 0 Å². The van der Waals surface area contributed by atoms with Crippen molar-refractivity contribution in [1.82, 2.24) is 14.8 Å². The first-order valence-electron chi connectivity index (χ1n) is 9.70. The molecule has 6 rings (SSSR count). The van der Waals surface area contributed by atoms with Crippen LogP contribution in [-0.4, -0.2) is 28.0 Å². The van der Waals surface area contributed by atoms with Crippen LogP contribution in [-0.2, 0) is 0 Å². The predicted molar refractivity (Wildman–Crippen MR) is 113 cm³/mol. The molecule has 1 aliphatic rings. The molecule has 3 aromatic carbocycles. The first kappa shape index (κ1) is 17.0. The van der Waals surface area contributed by atoms with E-state index >= 15 is 0 Å². The Labute approximate surface area is 171 Å². The molecule has 5 nitrogen and oxygen atoms in total. The van der Waals surface area contributed by atoms with Gasteiger partial charge < -0.3 is 9.47 Å². The van der Waals surface area contributed by atoms with E-state index in [1.165, 1.54) is 12.1 Å². The summed E-state index contributed by atoms with van der Waals surface area (Å²) in [5.41, 5.74) is 4.02. The molecule has 1 aliphatic heterocycles. The van der Waals surface area contributed by atoms with Gasteiger partial charge in [-0.15, -0.1) is 0 Å². The van der Waals surface area contributed by atoms with Crippen LogP contribution in [0.1, 0.15) is 0 Å². The van der Waals surface area contributed by atoms with E-state index < -0.39 is 0 Å². The Kier molecular flexibility index (Phi) is 3.71. The number of hydrogen-bond acceptors (Lipinski definition) is 4. The number of benzene rings is 3. The van der Waals surface area contributed by atoms with Crippen LogP contribution < -0.4 is 9.47 Å². The summed E-state index contributed by atoms with van der Waals surface area (Å²) < 4.78 is 27.3. The Hall–Kier alpha value is -3.93. The van der Waals surface area contributed by atoms with Crippen LogP contribution in [0.4, 0.5) is 4.39 Å². The Bertz CT molecular complexity index is 1410. The van der Waals surface area contributed by atoms with E-state index in [0.29, 0.717) is 30.4 Å². The molecule has 0 saturated carbocycles. The van der Waals surface area contributed by atoms with Gasteiger partial charge in [-0.05, 0) is 24.3 Å². The fourth-order valence-electron chi connectivity index (χ4n) is 3.92. The highest BCUT2D eigenvalue weighted by atomic mass is 19.1. The first-order valence-corrected chi connectivity index (χ1v) is 9.70. The molecule has 0 bridgehead atoms. The van der Waals surface area contributed by atoms with E-state index in [1.807, 2.05) is 54.7 Å². The molecule has 0 unspecified atom stereocenters. The molecule has 30 heavy (non-hydrogen) atoms. The van der Waals surface area contributed by atoms with Crippen LogP contribution in [0.5, 0.6) is 11.5 Å². The van der Waals surface area contributed by atoms with E-state index in [9.17, 15) is 4.39 Å². The Morgan fingerprint density at radius 2 is 1.63 bits per heavy atom. The molecule has 0 N–H and O–H groups in total. The lowest BCUT2D eigenvalue weighted by molar-refractivity contribution is 0.172. The van der Waals surface area contributed by atoms with Crippen molar-refractivity contribution < 1.29 is 13.9 Å². The van der Waals surface area contributed by atoms with Crippen molar-refractivity contribution >= 4 is 21.8 Å². The summed E-state index contributed by atoms with van der Waals surface area (Å²) in [5, 5.41) is 6.63. The largest absolute Gasteiger partial charge is 0.486 e. The summed E-state index contributed by atoms with van der Waals surface area (Å²) >= 11 is 0. The van der Waals surface area contributed by atoms with Crippen LogP contribution in [0.2, 0.25) is 0 Å². The van der Waals surface area contributed by atoms with E-state index in [-0.39, 0.29) is 5.82 Å². The number of hydrogen-bond donors (Lipinski definition) is 0. The minimum absolute atomic E-state index is 0.315. The van der Waals surface area contributed by atoms with E-state index in [1.54, 1.807) is 10.7 Å². The fraction of sp³-hybridized carbons (Fsp3) is 0.0833. The van der Waals surface area contributed by atoms with Gasteiger partial charge in [0.25, 0.3) is 0 Å². The van der Waals surface area contributed by atoms with Crippen molar-refractivity contribution in [3.8, 4) is 28.4 Å². The van der Waals surface area contributed by atoms with Gasteiger partial charge in [0.1, 0.15) is 24.7 Å². The number of nitrogens with zero attached hydrogens (tertiary/aromatic N) is 3. The van der Waals surface area contributed by atoms with Crippen molar-refractivity contribution in [2.75, 3.05) is 13.2 Å². The van der Waals surface area contributed by atoms with E-state index in [2.05, 4.69) is 4.98 Å². The zero-order valence-corrected chi connectivity index (χ0v) is 15.9. The lowest BCUT2D eigenvalue weighted by Crippen LogP contribution is -2.15. The maximum atomic E-state index is 14.0.